The molecule has 2 heterocycles. The Balaban J connectivity index is 1.32. The van der Waals surface area contributed by atoms with Crippen LogP contribution < -0.4 is 5.32 Å². The van der Waals surface area contributed by atoms with E-state index in [4.69, 9.17) is 4.42 Å². The molecule has 0 radical (unpaired) electrons. The average Bonchev–Trinajstić information content (AvgIpc) is 3.06. The number of benzene rings is 2. The summed E-state index contributed by atoms with van der Waals surface area (Å²) in [6.45, 7) is 9.82. The molecule has 3 aromatic rings. The number of piperazine rings is 1. The first-order valence-electron chi connectivity index (χ1n) is 9.69. The lowest BCUT2D eigenvalue weighted by Crippen LogP contribution is -2.49. The monoisotopic (exact) mass is 378 g/mol. The molecule has 1 aromatic heterocycles. The Hall–Kier alpha value is -2.86. The van der Waals surface area contributed by atoms with E-state index in [9.17, 15) is 4.79 Å². The molecule has 2 aromatic carbocycles. The third-order valence-electron chi connectivity index (χ3n) is 5.36. The van der Waals surface area contributed by atoms with Crippen LogP contribution in [0.3, 0.4) is 0 Å². The van der Waals surface area contributed by atoms with Gasteiger partial charge in [-0.2, -0.15) is 0 Å². The van der Waals surface area contributed by atoms with Gasteiger partial charge < -0.3 is 14.6 Å². The van der Waals surface area contributed by atoms with Gasteiger partial charge in [0.15, 0.2) is 5.58 Å². The number of aromatic nitrogens is 1. The molecule has 28 heavy (non-hydrogen) atoms. The molecule has 0 atom stereocenters. The van der Waals surface area contributed by atoms with Crippen molar-refractivity contribution in [2.75, 3.05) is 31.5 Å². The van der Waals surface area contributed by atoms with Crippen LogP contribution in [0.25, 0.3) is 11.1 Å². The molecule has 0 unspecified atom stereocenters. The highest BCUT2D eigenvalue weighted by atomic mass is 16.3. The predicted molar refractivity (Wildman–Crippen MR) is 111 cm³/mol. The maximum absolute atomic E-state index is 12.5. The van der Waals surface area contributed by atoms with Gasteiger partial charge in [-0.05, 0) is 61.7 Å². The van der Waals surface area contributed by atoms with Crippen LogP contribution in [0, 0.1) is 20.8 Å². The van der Waals surface area contributed by atoms with E-state index in [0.29, 0.717) is 19.6 Å². The number of aryl methyl sites for hydroxylation is 3. The second-order valence-electron chi connectivity index (χ2n) is 7.57. The number of nitrogens with one attached hydrogen (secondary N) is 1. The lowest BCUT2D eigenvalue weighted by Gasteiger charge is -2.34. The lowest BCUT2D eigenvalue weighted by atomic mass is 10.1. The van der Waals surface area contributed by atoms with Crippen LogP contribution in [-0.2, 0) is 6.54 Å². The maximum atomic E-state index is 12.5. The van der Waals surface area contributed by atoms with Crippen LogP contribution in [0.4, 0.5) is 10.5 Å². The third-order valence-corrected chi connectivity index (χ3v) is 5.36. The Morgan fingerprint density at radius 3 is 2.57 bits per heavy atom. The molecule has 0 saturated carbocycles. The molecule has 2 amide bonds. The van der Waals surface area contributed by atoms with Gasteiger partial charge in [-0.25, -0.2) is 9.78 Å². The number of fused-ring (bicyclic) bond motifs is 1. The van der Waals surface area contributed by atoms with Crippen LogP contribution in [-0.4, -0.2) is 47.0 Å². The topological polar surface area (TPSA) is 61.6 Å². The number of hydrogen-bond acceptors (Lipinski definition) is 4. The molecular formula is C22H26N4O2. The van der Waals surface area contributed by atoms with Crippen LogP contribution in [0.15, 0.2) is 40.8 Å². The molecule has 6 nitrogen and oxygen atoms in total. The van der Waals surface area contributed by atoms with Crippen LogP contribution >= 0.6 is 0 Å². The summed E-state index contributed by atoms with van der Waals surface area (Å²) in [5, 5.41) is 3.00. The number of hydrogen-bond donors (Lipinski definition) is 1. The molecule has 1 saturated heterocycles. The van der Waals surface area contributed by atoms with Crippen molar-refractivity contribution in [3.8, 4) is 0 Å². The van der Waals surface area contributed by atoms with Crippen LogP contribution in [0.1, 0.15) is 22.6 Å². The SMILES string of the molecule is Cc1ccc2nc(CN3CCN(C(=O)Nc4ccc(C)c(C)c4)CC3)oc2c1. The Morgan fingerprint density at radius 2 is 1.82 bits per heavy atom. The predicted octanol–water partition coefficient (Wildman–Crippen LogP) is 4.10. The zero-order chi connectivity index (χ0) is 19.7. The van der Waals surface area contributed by atoms with E-state index < -0.39 is 0 Å². The van der Waals surface area contributed by atoms with Gasteiger partial charge in [0.05, 0.1) is 6.54 Å². The summed E-state index contributed by atoms with van der Waals surface area (Å²) in [6.07, 6.45) is 0. The number of carbonyl (C=O) groups is 1. The first kappa shape index (κ1) is 18.5. The first-order chi connectivity index (χ1) is 13.5. The number of nitrogens with zero attached hydrogens (tertiary/aromatic N) is 3. The highest BCUT2D eigenvalue weighted by Gasteiger charge is 2.22. The number of rotatable bonds is 3. The van der Waals surface area contributed by atoms with Crippen molar-refractivity contribution in [1.29, 1.82) is 0 Å². The van der Waals surface area contributed by atoms with Gasteiger partial charge in [0.25, 0.3) is 0 Å². The maximum Gasteiger partial charge on any atom is 0.321 e. The van der Waals surface area contributed by atoms with Gasteiger partial charge in [-0.15, -0.1) is 0 Å². The molecule has 146 valence electrons. The summed E-state index contributed by atoms with van der Waals surface area (Å²) in [6, 6.07) is 12.0. The van der Waals surface area contributed by atoms with Crippen molar-refractivity contribution in [3.05, 3.63) is 59.0 Å². The van der Waals surface area contributed by atoms with Crippen LogP contribution in [0.5, 0.6) is 0 Å². The van der Waals surface area contributed by atoms with E-state index in [0.717, 1.165) is 35.8 Å². The number of anilines is 1. The summed E-state index contributed by atoms with van der Waals surface area (Å²) in [7, 11) is 0. The van der Waals surface area contributed by atoms with Crippen molar-refractivity contribution in [3.63, 3.8) is 0 Å². The standard InChI is InChI=1S/C22H26N4O2/c1-15-4-7-19-20(12-15)28-21(24-19)14-25-8-10-26(11-9-25)22(27)23-18-6-5-16(2)17(3)13-18/h4-7,12-13H,8-11,14H2,1-3H3,(H,23,27). The zero-order valence-electron chi connectivity index (χ0n) is 16.7. The Kier molecular flexibility index (Phi) is 5.05. The zero-order valence-corrected chi connectivity index (χ0v) is 16.7. The van der Waals surface area contributed by atoms with Gasteiger partial charge in [0, 0.05) is 31.9 Å². The van der Waals surface area contributed by atoms with Crippen molar-refractivity contribution >= 4 is 22.8 Å². The number of carbonyl (C=O) groups excluding carboxylic acids is 1. The molecular weight excluding hydrogens is 352 g/mol. The third kappa shape index (κ3) is 4.02. The molecule has 0 spiro atoms. The number of oxazole rings is 1. The Bertz CT molecular complexity index is 1000. The highest BCUT2D eigenvalue weighted by Crippen LogP contribution is 2.19. The molecule has 1 fully saturated rings. The fourth-order valence-electron chi connectivity index (χ4n) is 3.47. The average molecular weight is 378 g/mol. The van der Waals surface area contributed by atoms with Crippen molar-refractivity contribution in [2.24, 2.45) is 0 Å². The Morgan fingerprint density at radius 1 is 1.04 bits per heavy atom. The van der Waals surface area contributed by atoms with E-state index in [1.807, 2.05) is 48.2 Å². The van der Waals surface area contributed by atoms with Gasteiger partial charge in [0.1, 0.15) is 5.52 Å². The summed E-state index contributed by atoms with van der Waals surface area (Å²) in [4.78, 5) is 21.3. The minimum Gasteiger partial charge on any atom is -0.439 e. The Labute approximate surface area is 165 Å². The second kappa shape index (κ2) is 7.64. The fourth-order valence-corrected chi connectivity index (χ4v) is 3.47. The summed E-state index contributed by atoms with van der Waals surface area (Å²) >= 11 is 0. The van der Waals surface area contributed by atoms with E-state index in [2.05, 4.69) is 29.0 Å². The molecule has 0 aliphatic carbocycles. The van der Waals surface area contributed by atoms with Crippen LogP contribution in [0.2, 0.25) is 0 Å². The fraction of sp³-hybridized carbons (Fsp3) is 0.364. The van der Waals surface area contributed by atoms with Crippen molar-refractivity contribution in [1.82, 2.24) is 14.8 Å². The lowest BCUT2D eigenvalue weighted by molar-refractivity contribution is 0.136. The normalized spacial score (nSPS) is 15.2. The van der Waals surface area contributed by atoms with Gasteiger partial charge in [-0.3, -0.25) is 4.90 Å². The van der Waals surface area contributed by atoms with Gasteiger partial charge in [0.2, 0.25) is 5.89 Å². The smallest absolute Gasteiger partial charge is 0.321 e. The largest absolute Gasteiger partial charge is 0.439 e. The van der Waals surface area contributed by atoms with Crippen molar-refractivity contribution in [2.45, 2.75) is 27.3 Å². The van der Waals surface area contributed by atoms with Gasteiger partial charge in [-0.1, -0.05) is 12.1 Å². The first-order valence-corrected chi connectivity index (χ1v) is 9.69. The second-order valence-corrected chi connectivity index (χ2v) is 7.57. The summed E-state index contributed by atoms with van der Waals surface area (Å²) in [5.74, 6) is 0.730. The van der Waals surface area contributed by atoms with E-state index in [1.54, 1.807) is 0 Å². The molecule has 1 N–H and O–H groups in total. The molecule has 1 aliphatic heterocycles. The van der Waals surface area contributed by atoms with E-state index in [-0.39, 0.29) is 6.03 Å². The van der Waals surface area contributed by atoms with E-state index in [1.165, 1.54) is 16.7 Å². The quantitative estimate of drug-likeness (QED) is 0.745. The minimum absolute atomic E-state index is 0.0414. The number of urea groups is 1. The summed E-state index contributed by atoms with van der Waals surface area (Å²) in [5.41, 5.74) is 6.14. The minimum atomic E-state index is -0.0414. The highest BCUT2D eigenvalue weighted by molar-refractivity contribution is 5.89. The van der Waals surface area contributed by atoms with Crippen molar-refractivity contribution < 1.29 is 9.21 Å². The van der Waals surface area contributed by atoms with Gasteiger partial charge >= 0.3 is 6.03 Å². The molecule has 1 aliphatic rings. The summed E-state index contributed by atoms with van der Waals surface area (Å²) < 4.78 is 5.88. The molecule has 4 rings (SSSR count). The van der Waals surface area contributed by atoms with E-state index >= 15 is 0 Å². The molecule has 6 heteroatoms. The number of amides is 2. The molecule has 0 bridgehead atoms.